The molecule has 1 aromatic heterocycles. The first-order chi connectivity index (χ1) is 9.95. The minimum atomic E-state index is -3.39. The Morgan fingerprint density at radius 1 is 1.48 bits per heavy atom. The zero-order valence-electron chi connectivity index (χ0n) is 13.1. The van der Waals surface area contributed by atoms with Gasteiger partial charge in [-0.2, -0.15) is 4.31 Å². The smallest absolute Gasteiger partial charge is 0.244 e. The Balaban J connectivity index is 2.11. The highest BCUT2D eigenvalue weighted by molar-refractivity contribution is 7.89. The van der Waals surface area contributed by atoms with Gasteiger partial charge in [0.15, 0.2) is 0 Å². The van der Waals surface area contributed by atoms with Crippen LogP contribution in [0.3, 0.4) is 0 Å². The van der Waals surface area contributed by atoms with Gasteiger partial charge in [0.25, 0.3) is 0 Å². The van der Waals surface area contributed by atoms with E-state index in [9.17, 15) is 8.42 Å². The zero-order valence-corrected chi connectivity index (χ0v) is 13.9. The van der Waals surface area contributed by atoms with Gasteiger partial charge < -0.3 is 15.2 Å². The number of H-pyrrole nitrogens is 1. The minimum Gasteiger partial charge on any atom is -0.363 e. The number of hydrogen-bond acceptors (Lipinski definition) is 4. The van der Waals surface area contributed by atoms with Crippen LogP contribution in [0.5, 0.6) is 0 Å². The van der Waals surface area contributed by atoms with E-state index in [1.165, 1.54) is 0 Å². The van der Waals surface area contributed by atoms with Gasteiger partial charge in [-0.1, -0.05) is 6.92 Å². The molecule has 21 heavy (non-hydrogen) atoms. The lowest BCUT2D eigenvalue weighted by Crippen LogP contribution is -2.47. The number of likely N-dealkylation sites (N-methyl/N-ethyl adjacent to an activating group) is 1. The van der Waals surface area contributed by atoms with Crippen LogP contribution in [-0.2, 0) is 16.6 Å². The molecule has 1 aliphatic rings. The highest BCUT2D eigenvalue weighted by Crippen LogP contribution is 2.22. The number of aromatic nitrogens is 1. The zero-order chi connectivity index (χ0) is 15.5. The molecule has 6 nitrogen and oxygen atoms in total. The molecule has 0 saturated carbocycles. The van der Waals surface area contributed by atoms with Gasteiger partial charge in [-0.3, -0.25) is 0 Å². The first-order valence-electron chi connectivity index (χ1n) is 7.49. The van der Waals surface area contributed by atoms with Crippen LogP contribution in [0.25, 0.3) is 0 Å². The lowest BCUT2D eigenvalue weighted by molar-refractivity contribution is 0.190. The molecule has 0 bridgehead atoms. The normalized spacial score (nSPS) is 21.0. The number of nitrogens with one attached hydrogen (secondary N) is 2. The maximum absolute atomic E-state index is 12.7. The molecule has 7 heteroatoms. The summed E-state index contributed by atoms with van der Waals surface area (Å²) in [6.07, 6.45) is 3.57. The molecule has 0 amide bonds. The molecule has 0 radical (unpaired) electrons. The Kier molecular flexibility index (Phi) is 5.43. The standard InChI is InChI=1S/C14H26N4O2S/c1-4-15-9-12-8-14(10-16-12)21(19,20)18-7-5-6-13(11-18)17(2)3/h8,10,13,15-16H,4-7,9,11H2,1-3H3. The third-order valence-corrected chi connectivity index (χ3v) is 5.85. The van der Waals surface area contributed by atoms with Crippen molar-refractivity contribution >= 4 is 10.0 Å². The summed E-state index contributed by atoms with van der Waals surface area (Å²) in [6.45, 7) is 4.73. The Bertz CT molecular complexity index is 553. The topological polar surface area (TPSA) is 68.4 Å². The van der Waals surface area contributed by atoms with E-state index in [1.807, 2.05) is 21.0 Å². The predicted molar refractivity (Wildman–Crippen MR) is 83.6 cm³/mol. The summed E-state index contributed by atoms with van der Waals surface area (Å²) in [4.78, 5) is 5.52. The third-order valence-electron chi connectivity index (χ3n) is 4.01. The Morgan fingerprint density at radius 2 is 2.24 bits per heavy atom. The van der Waals surface area contributed by atoms with Gasteiger partial charge in [0.1, 0.15) is 0 Å². The summed E-state index contributed by atoms with van der Waals surface area (Å²) >= 11 is 0. The fourth-order valence-corrected chi connectivity index (χ4v) is 4.17. The maximum Gasteiger partial charge on any atom is 0.244 e. The number of hydrogen-bond donors (Lipinski definition) is 2. The molecule has 1 aliphatic heterocycles. The highest BCUT2D eigenvalue weighted by atomic mass is 32.2. The van der Waals surface area contributed by atoms with Gasteiger partial charge >= 0.3 is 0 Å². The summed E-state index contributed by atoms with van der Waals surface area (Å²) in [7, 11) is 0.626. The van der Waals surface area contributed by atoms with Gasteiger partial charge in [-0.05, 0) is 39.5 Å². The fourth-order valence-electron chi connectivity index (χ4n) is 2.64. The molecule has 0 spiro atoms. The van der Waals surface area contributed by atoms with Crippen molar-refractivity contribution in [2.75, 3.05) is 33.7 Å². The molecule has 120 valence electrons. The first kappa shape index (κ1) is 16.5. The van der Waals surface area contributed by atoms with Crippen molar-refractivity contribution in [3.8, 4) is 0 Å². The van der Waals surface area contributed by atoms with Gasteiger partial charge in [0.05, 0.1) is 4.90 Å². The van der Waals surface area contributed by atoms with Crippen LogP contribution in [0.1, 0.15) is 25.5 Å². The van der Waals surface area contributed by atoms with Crippen molar-refractivity contribution in [2.45, 2.75) is 37.2 Å². The Hall–Kier alpha value is -0.890. The van der Waals surface area contributed by atoms with Crippen LogP contribution in [0.2, 0.25) is 0 Å². The molecule has 2 rings (SSSR count). The van der Waals surface area contributed by atoms with E-state index >= 15 is 0 Å². The maximum atomic E-state index is 12.7. The Morgan fingerprint density at radius 3 is 2.90 bits per heavy atom. The third kappa shape index (κ3) is 3.85. The van der Waals surface area contributed by atoms with E-state index in [2.05, 4.69) is 15.2 Å². The quantitative estimate of drug-likeness (QED) is 0.816. The molecule has 1 saturated heterocycles. The molecule has 1 unspecified atom stereocenters. The number of sulfonamides is 1. The van der Waals surface area contributed by atoms with Gasteiger partial charge in [-0.15, -0.1) is 0 Å². The summed E-state index contributed by atoms with van der Waals surface area (Å²) in [5.74, 6) is 0. The van der Waals surface area contributed by atoms with Crippen LogP contribution >= 0.6 is 0 Å². The highest BCUT2D eigenvalue weighted by Gasteiger charge is 2.31. The van der Waals surface area contributed by atoms with Crippen LogP contribution in [0, 0.1) is 0 Å². The predicted octanol–water partition coefficient (Wildman–Crippen LogP) is 0.839. The van der Waals surface area contributed by atoms with E-state index in [4.69, 9.17) is 0 Å². The minimum absolute atomic E-state index is 0.300. The van der Waals surface area contributed by atoms with Crippen molar-refractivity contribution in [3.05, 3.63) is 18.0 Å². The van der Waals surface area contributed by atoms with E-state index in [-0.39, 0.29) is 0 Å². The average molecular weight is 314 g/mol. The van der Waals surface area contributed by atoms with Gasteiger partial charge in [0.2, 0.25) is 10.0 Å². The summed E-state index contributed by atoms with van der Waals surface area (Å²) in [6, 6.07) is 2.03. The van der Waals surface area contributed by atoms with E-state index in [1.54, 1.807) is 16.6 Å². The summed E-state index contributed by atoms with van der Waals surface area (Å²) in [5, 5.41) is 3.18. The SMILES string of the molecule is CCNCc1cc(S(=O)(=O)N2CCCC(N(C)C)C2)c[nH]1. The van der Waals surface area contributed by atoms with E-state index < -0.39 is 10.0 Å². The number of aromatic amines is 1. The molecule has 0 aliphatic carbocycles. The lowest BCUT2D eigenvalue weighted by Gasteiger charge is -2.35. The largest absolute Gasteiger partial charge is 0.363 e. The van der Waals surface area contributed by atoms with E-state index in [0.717, 1.165) is 25.1 Å². The van der Waals surface area contributed by atoms with Gasteiger partial charge in [0, 0.05) is 37.6 Å². The molecular weight excluding hydrogens is 288 g/mol. The van der Waals surface area contributed by atoms with Crippen molar-refractivity contribution in [2.24, 2.45) is 0 Å². The number of rotatable bonds is 6. The molecule has 1 fully saturated rings. The second kappa shape index (κ2) is 6.91. The number of piperidine rings is 1. The van der Waals surface area contributed by atoms with Crippen molar-refractivity contribution in [1.82, 2.24) is 19.5 Å². The summed E-state index contributed by atoms with van der Waals surface area (Å²) in [5.41, 5.74) is 0.900. The molecule has 2 N–H and O–H groups in total. The lowest BCUT2D eigenvalue weighted by atomic mass is 10.1. The van der Waals surface area contributed by atoms with E-state index in [0.29, 0.717) is 30.6 Å². The second-order valence-electron chi connectivity index (χ2n) is 5.76. The molecular formula is C14H26N4O2S. The van der Waals surface area contributed by atoms with Crippen LogP contribution < -0.4 is 5.32 Å². The van der Waals surface area contributed by atoms with Gasteiger partial charge in [-0.25, -0.2) is 8.42 Å². The summed E-state index contributed by atoms with van der Waals surface area (Å²) < 4.78 is 27.0. The molecule has 2 heterocycles. The van der Waals surface area contributed by atoms with Crippen molar-refractivity contribution in [1.29, 1.82) is 0 Å². The Labute approximate surface area is 127 Å². The first-order valence-corrected chi connectivity index (χ1v) is 8.93. The van der Waals surface area contributed by atoms with Crippen LogP contribution in [0.4, 0.5) is 0 Å². The van der Waals surface area contributed by atoms with Crippen molar-refractivity contribution < 1.29 is 8.42 Å². The van der Waals surface area contributed by atoms with Crippen LogP contribution in [-0.4, -0.2) is 62.4 Å². The molecule has 1 atom stereocenters. The molecule has 0 aromatic carbocycles. The average Bonchev–Trinajstić information content (AvgIpc) is 2.94. The van der Waals surface area contributed by atoms with Crippen LogP contribution in [0.15, 0.2) is 17.2 Å². The number of nitrogens with zero attached hydrogens (tertiary/aromatic N) is 2. The second-order valence-corrected chi connectivity index (χ2v) is 7.70. The fraction of sp³-hybridized carbons (Fsp3) is 0.714. The molecule has 1 aromatic rings. The monoisotopic (exact) mass is 314 g/mol. The van der Waals surface area contributed by atoms with Crippen molar-refractivity contribution in [3.63, 3.8) is 0 Å².